The number of benzene rings is 2. The molecule has 0 N–H and O–H groups in total. The fourth-order valence-corrected chi connectivity index (χ4v) is 3.07. The smallest absolute Gasteiger partial charge is 0.0435 e. The minimum absolute atomic E-state index is 0.379. The summed E-state index contributed by atoms with van der Waals surface area (Å²) in [5, 5.41) is 0. The zero-order valence-electron chi connectivity index (χ0n) is 11.1. The molecule has 0 heterocycles. The van der Waals surface area contributed by atoms with Crippen molar-refractivity contribution < 1.29 is 0 Å². The van der Waals surface area contributed by atoms with Crippen molar-refractivity contribution in [1.82, 2.24) is 0 Å². The van der Waals surface area contributed by atoms with Crippen LogP contribution in [-0.4, -0.2) is 0 Å². The fourth-order valence-electron chi connectivity index (χ4n) is 2.13. The van der Waals surface area contributed by atoms with Crippen LogP contribution in [0.3, 0.4) is 0 Å². The molecule has 19 heavy (non-hydrogen) atoms. The average Bonchev–Trinajstić information content (AvgIpc) is 2.42. The standard InChI is InChI=1S/C17H18Br2/c1-2-3-13-4-8-15(9-5-13)17(19)12-14-6-10-16(18)11-7-14/h4-11,17H,2-3,12H2,1H3. The van der Waals surface area contributed by atoms with Gasteiger partial charge in [0.25, 0.3) is 0 Å². The maximum Gasteiger partial charge on any atom is 0.0435 e. The van der Waals surface area contributed by atoms with Gasteiger partial charge in [0.1, 0.15) is 0 Å². The fraction of sp³-hybridized carbons (Fsp3) is 0.294. The van der Waals surface area contributed by atoms with Crippen LogP contribution in [0.2, 0.25) is 0 Å². The summed E-state index contributed by atoms with van der Waals surface area (Å²) in [6, 6.07) is 17.5. The van der Waals surface area contributed by atoms with Crippen molar-refractivity contribution in [3.8, 4) is 0 Å². The predicted molar refractivity (Wildman–Crippen MR) is 90.0 cm³/mol. The Kier molecular flexibility index (Phi) is 5.65. The summed E-state index contributed by atoms with van der Waals surface area (Å²) in [6.45, 7) is 2.22. The van der Waals surface area contributed by atoms with E-state index in [-0.39, 0.29) is 0 Å². The van der Waals surface area contributed by atoms with Crippen LogP contribution in [-0.2, 0) is 12.8 Å². The first-order valence-electron chi connectivity index (χ1n) is 6.66. The number of rotatable bonds is 5. The number of hydrogen-bond donors (Lipinski definition) is 0. The molecular formula is C17H18Br2. The number of hydrogen-bond acceptors (Lipinski definition) is 0. The first kappa shape index (κ1) is 14.8. The predicted octanol–water partition coefficient (Wildman–Crippen LogP) is 6.08. The third kappa shape index (κ3) is 4.47. The van der Waals surface area contributed by atoms with E-state index in [4.69, 9.17) is 0 Å². The molecule has 100 valence electrons. The van der Waals surface area contributed by atoms with Crippen LogP contribution >= 0.6 is 31.9 Å². The SMILES string of the molecule is CCCc1ccc(C(Br)Cc2ccc(Br)cc2)cc1. The lowest BCUT2D eigenvalue weighted by molar-refractivity contribution is 0.912. The van der Waals surface area contributed by atoms with Gasteiger partial charge in [-0.2, -0.15) is 0 Å². The first-order valence-corrected chi connectivity index (χ1v) is 8.37. The third-order valence-electron chi connectivity index (χ3n) is 3.21. The van der Waals surface area contributed by atoms with Crippen molar-refractivity contribution in [1.29, 1.82) is 0 Å². The second kappa shape index (κ2) is 7.25. The van der Waals surface area contributed by atoms with Crippen LogP contribution in [0.1, 0.15) is 34.9 Å². The van der Waals surface area contributed by atoms with Gasteiger partial charge in [-0.1, -0.05) is 81.6 Å². The number of aryl methyl sites for hydroxylation is 1. The van der Waals surface area contributed by atoms with Crippen LogP contribution in [0.4, 0.5) is 0 Å². The monoisotopic (exact) mass is 380 g/mol. The summed E-state index contributed by atoms with van der Waals surface area (Å²) in [6.07, 6.45) is 3.39. The number of halogens is 2. The summed E-state index contributed by atoms with van der Waals surface area (Å²) in [7, 11) is 0. The van der Waals surface area contributed by atoms with E-state index in [0.717, 1.165) is 10.9 Å². The highest BCUT2D eigenvalue weighted by Crippen LogP contribution is 2.27. The molecule has 2 rings (SSSR count). The molecule has 0 fully saturated rings. The van der Waals surface area contributed by atoms with Crippen molar-refractivity contribution in [2.45, 2.75) is 31.0 Å². The maximum absolute atomic E-state index is 3.79. The third-order valence-corrected chi connectivity index (χ3v) is 4.59. The van der Waals surface area contributed by atoms with E-state index in [1.807, 2.05) is 0 Å². The van der Waals surface area contributed by atoms with Gasteiger partial charge in [0.15, 0.2) is 0 Å². The Hall–Kier alpha value is -0.600. The molecule has 0 radical (unpaired) electrons. The molecule has 1 atom stereocenters. The molecule has 0 saturated heterocycles. The van der Waals surface area contributed by atoms with Crippen molar-refractivity contribution >= 4 is 31.9 Å². The van der Waals surface area contributed by atoms with Gasteiger partial charge in [-0.3, -0.25) is 0 Å². The second-order valence-electron chi connectivity index (χ2n) is 4.79. The molecule has 0 aliphatic carbocycles. The maximum atomic E-state index is 3.79. The molecular weight excluding hydrogens is 364 g/mol. The molecule has 2 aromatic rings. The van der Waals surface area contributed by atoms with Crippen molar-refractivity contribution in [2.24, 2.45) is 0 Å². The van der Waals surface area contributed by atoms with Gasteiger partial charge >= 0.3 is 0 Å². The van der Waals surface area contributed by atoms with E-state index in [9.17, 15) is 0 Å². The Bertz CT molecular complexity index is 500. The zero-order chi connectivity index (χ0) is 13.7. The van der Waals surface area contributed by atoms with E-state index in [1.54, 1.807) is 0 Å². The van der Waals surface area contributed by atoms with E-state index < -0.39 is 0 Å². The Morgan fingerprint density at radius 2 is 1.47 bits per heavy atom. The quantitative estimate of drug-likeness (QED) is 0.550. The van der Waals surface area contributed by atoms with Crippen molar-refractivity contribution in [2.75, 3.05) is 0 Å². The summed E-state index contributed by atoms with van der Waals surface area (Å²) in [5.74, 6) is 0. The lowest BCUT2D eigenvalue weighted by Crippen LogP contribution is -1.96. The molecule has 0 aliphatic rings. The Morgan fingerprint density at radius 3 is 2.05 bits per heavy atom. The second-order valence-corrected chi connectivity index (χ2v) is 6.81. The van der Waals surface area contributed by atoms with Crippen LogP contribution in [0.15, 0.2) is 53.0 Å². The van der Waals surface area contributed by atoms with Gasteiger partial charge in [0.2, 0.25) is 0 Å². The van der Waals surface area contributed by atoms with Gasteiger partial charge in [0, 0.05) is 9.30 Å². The highest BCUT2D eigenvalue weighted by Gasteiger charge is 2.08. The molecule has 0 saturated carbocycles. The Labute approximate surface area is 132 Å². The van der Waals surface area contributed by atoms with E-state index in [0.29, 0.717) is 4.83 Å². The minimum atomic E-state index is 0.379. The van der Waals surface area contributed by atoms with Gasteiger partial charge < -0.3 is 0 Å². The highest BCUT2D eigenvalue weighted by molar-refractivity contribution is 9.10. The molecule has 1 unspecified atom stereocenters. The highest BCUT2D eigenvalue weighted by atomic mass is 79.9. The van der Waals surface area contributed by atoms with Gasteiger partial charge in [-0.25, -0.2) is 0 Å². The molecule has 0 spiro atoms. The molecule has 0 bridgehead atoms. The van der Waals surface area contributed by atoms with E-state index >= 15 is 0 Å². The lowest BCUT2D eigenvalue weighted by atomic mass is 10.0. The summed E-state index contributed by atoms with van der Waals surface area (Å²) < 4.78 is 1.13. The molecule has 0 aromatic heterocycles. The lowest BCUT2D eigenvalue weighted by Gasteiger charge is -2.11. The Morgan fingerprint density at radius 1 is 0.895 bits per heavy atom. The molecule has 0 amide bonds. The summed E-state index contributed by atoms with van der Waals surface area (Å²) >= 11 is 7.26. The minimum Gasteiger partial charge on any atom is -0.0835 e. The number of alkyl halides is 1. The van der Waals surface area contributed by atoms with E-state index in [1.165, 1.54) is 29.5 Å². The van der Waals surface area contributed by atoms with Gasteiger partial charge in [0.05, 0.1) is 0 Å². The topological polar surface area (TPSA) is 0 Å². The van der Waals surface area contributed by atoms with Crippen LogP contribution < -0.4 is 0 Å². The largest absolute Gasteiger partial charge is 0.0835 e. The summed E-state index contributed by atoms with van der Waals surface area (Å²) in [5.41, 5.74) is 4.13. The van der Waals surface area contributed by atoms with Crippen LogP contribution in [0.25, 0.3) is 0 Å². The average molecular weight is 382 g/mol. The molecule has 0 nitrogen and oxygen atoms in total. The van der Waals surface area contributed by atoms with E-state index in [2.05, 4.69) is 87.3 Å². The molecule has 2 aromatic carbocycles. The van der Waals surface area contributed by atoms with Crippen LogP contribution in [0, 0.1) is 0 Å². The van der Waals surface area contributed by atoms with Gasteiger partial charge in [-0.05, 0) is 41.7 Å². The van der Waals surface area contributed by atoms with Crippen LogP contribution in [0.5, 0.6) is 0 Å². The zero-order valence-corrected chi connectivity index (χ0v) is 14.2. The van der Waals surface area contributed by atoms with Crippen molar-refractivity contribution in [3.63, 3.8) is 0 Å². The molecule has 2 heteroatoms. The summed E-state index contributed by atoms with van der Waals surface area (Å²) in [4.78, 5) is 0.379. The Balaban J connectivity index is 2.02. The van der Waals surface area contributed by atoms with Crippen molar-refractivity contribution in [3.05, 3.63) is 69.7 Å². The normalized spacial score (nSPS) is 12.4. The van der Waals surface area contributed by atoms with Gasteiger partial charge in [-0.15, -0.1) is 0 Å². The first-order chi connectivity index (χ1) is 9.19. The molecule has 0 aliphatic heterocycles.